The average Bonchev–Trinajstić information content (AvgIpc) is 2.48. The normalized spacial score (nSPS) is 22.4. The molecule has 0 saturated heterocycles. The Balaban J connectivity index is 2.06. The quantitative estimate of drug-likeness (QED) is 0.778. The maximum atomic E-state index is 11.4. The van der Waals surface area contributed by atoms with Crippen molar-refractivity contribution in [2.24, 2.45) is 5.73 Å². The Morgan fingerprint density at radius 1 is 1.33 bits per heavy atom. The molecule has 1 aromatic rings. The third-order valence-corrected chi connectivity index (χ3v) is 4.17. The van der Waals surface area contributed by atoms with E-state index in [4.69, 9.17) is 16.2 Å². The van der Waals surface area contributed by atoms with Gasteiger partial charge in [-0.05, 0) is 43.4 Å². The zero-order chi connectivity index (χ0) is 15.2. The summed E-state index contributed by atoms with van der Waals surface area (Å²) in [7, 11) is 1.76. The van der Waals surface area contributed by atoms with Gasteiger partial charge in [0.1, 0.15) is 0 Å². The number of benzene rings is 1. The molecule has 1 aromatic carbocycles. The Morgan fingerprint density at radius 2 is 2.05 bits per heavy atom. The number of methoxy groups -OCH3 is 1. The number of hydrogen-bond acceptors (Lipinski definition) is 4. The fourth-order valence-corrected chi connectivity index (χ4v) is 3.04. The molecule has 1 saturated carbocycles. The standard InChI is InChI=1S/C16H25N3O2/c1-21-15-4-2-3-14(9-15)19(11-16(18)20)10-12-5-7-13(17)8-6-12/h5-8,14-15H,2-4,9-11,17H2,1H3,(H2,18,20). The summed E-state index contributed by atoms with van der Waals surface area (Å²) in [5.74, 6) is -0.287. The van der Waals surface area contributed by atoms with E-state index in [0.29, 0.717) is 12.6 Å². The van der Waals surface area contributed by atoms with Crippen LogP contribution in [0, 0.1) is 0 Å². The summed E-state index contributed by atoms with van der Waals surface area (Å²) in [6.07, 6.45) is 4.55. The molecule has 2 unspecified atom stereocenters. The lowest BCUT2D eigenvalue weighted by atomic mass is 9.91. The highest BCUT2D eigenvalue weighted by Crippen LogP contribution is 2.26. The summed E-state index contributed by atoms with van der Waals surface area (Å²) in [6.45, 7) is 0.996. The lowest BCUT2D eigenvalue weighted by Gasteiger charge is -2.36. The minimum atomic E-state index is -0.287. The number of anilines is 1. The van der Waals surface area contributed by atoms with Crippen molar-refractivity contribution in [3.63, 3.8) is 0 Å². The van der Waals surface area contributed by atoms with Gasteiger partial charge in [0, 0.05) is 25.4 Å². The number of nitrogens with two attached hydrogens (primary N) is 2. The van der Waals surface area contributed by atoms with Crippen LogP contribution in [-0.2, 0) is 16.1 Å². The van der Waals surface area contributed by atoms with Gasteiger partial charge >= 0.3 is 0 Å². The van der Waals surface area contributed by atoms with Crippen molar-refractivity contribution in [2.75, 3.05) is 19.4 Å². The van der Waals surface area contributed by atoms with Crippen LogP contribution in [0.25, 0.3) is 0 Å². The van der Waals surface area contributed by atoms with Crippen molar-refractivity contribution in [2.45, 2.75) is 44.4 Å². The molecule has 5 nitrogen and oxygen atoms in total. The number of nitrogen functional groups attached to an aromatic ring is 1. The van der Waals surface area contributed by atoms with Crippen LogP contribution in [0.3, 0.4) is 0 Å². The second kappa shape index (κ2) is 7.43. The Bertz CT molecular complexity index is 461. The minimum Gasteiger partial charge on any atom is -0.399 e. The van der Waals surface area contributed by atoms with Gasteiger partial charge in [-0.15, -0.1) is 0 Å². The van der Waals surface area contributed by atoms with Crippen LogP contribution in [0.1, 0.15) is 31.2 Å². The molecule has 0 heterocycles. The van der Waals surface area contributed by atoms with Crippen LogP contribution in [0.2, 0.25) is 0 Å². The fraction of sp³-hybridized carbons (Fsp3) is 0.562. The molecule has 1 amide bonds. The van der Waals surface area contributed by atoms with Crippen molar-refractivity contribution >= 4 is 11.6 Å². The maximum absolute atomic E-state index is 11.4. The van der Waals surface area contributed by atoms with Gasteiger partial charge in [-0.25, -0.2) is 0 Å². The monoisotopic (exact) mass is 291 g/mol. The molecule has 0 aliphatic heterocycles. The van der Waals surface area contributed by atoms with Crippen LogP contribution in [0.4, 0.5) is 5.69 Å². The molecule has 2 rings (SSSR count). The fourth-order valence-electron chi connectivity index (χ4n) is 3.04. The molecular weight excluding hydrogens is 266 g/mol. The predicted molar refractivity (Wildman–Crippen MR) is 83.5 cm³/mol. The summed E-state index contributed by atoms with van der Waals surface area (Å²) >= 11 is 0. The Morgan fingerprint density at radius 3 is 2.67 bits per heavy atom. The van der Waals surface area contributed by atoms with Gasteiger partial charge in [0.05, 0.1) is 12.6 Å². The second-order valence-electron chi connectivity index (χ2n) is 5.79. The number of carbonyl (C=O) groups is 1. The second-order valence-corrected chi connectivity index (χ2v) is 5.79. The van der Waals surface area contributed by atoms with E-state index in [9.17, 15) is 4.79 Å². The van der Waals surface area contributed by atoms with Crippen molar-refractivity contribution in [3.05, 3.63) is 29.8 Å². The molecule has 4 N–H and O–H groups in total. The maximum Gasteiger partial charge on any atom is 0.231 e. The lowest BCUT2D eigenvalue weighted by Crippen LogP contribution is -2.44. The lowest BCUT2D eigenvalue weighted by molar-refractivity contribution is -0.120. The summed E-state index contributed by atoms with van der Waals surface area (Å²) in [5.41, 5.74) is 13.0. The highest BCUT2D eigenvalue weighted by molar-refractivity contribution is 5.76. The smallest absolute Gasteiger partial charge is 0.231 e. The van der Waals surface area contributed by atoms with Gasteiger partial charge in [-0.3, -0.25) is 9.69 Å². The van der Waals surface area contributed by atoms with Crippen molar-refractivity contribution in [1.82, 2.24) is 4.90 Å². The summed E-state index contributed by atoms with van der Waals surface area (Å²) < 4.78 is 5.48. The van der Waals surface area contributed by atoms with Crippen molar-refractivity contribution < 1.29 is 9.53 Å². The van der Waals surface area contributed by atoms with E-state index < -0.39 is 0 Å². The summed E-state index contributed by atoms with van der Waals surface area (Å²) in [5, 5.41) is 0. The van der Waals surface area contributed by atoms with Crippen LogP contribution in [0.15, 0.2) is 24.3 Å². The van der Waals surface area contributed by atoms with E-state index in [1.165, 1.54) is 0 Å². The third-order valence-electron chi connectivity index (χ3n) is 4.17. The first kappa shape index (κ1) is 15.8. The predicted octanol–water partition coefficient (Wildman–Crippen LogP) is 1.51. The molecule has 0 aromatic heterocycles. The minimum absolute atomic E-state index is 0.283. The third kappa shape index (κ3) is 4.72. The SMILES string of the molecule is COC1CCCC(N(CC(N)=O)Cc2ccc(N)cc2)C1. The largest absolute Gasteiger partial charge is 0.399 e. The highest BCUT2D eigenvalue weighted by atomic mass is 16.5. The molecule has 0 radical (unpaired) electrons. The number of nitrogens with zero attached hydrogens (tertiary/aromatic N) is 1. The molecule has 2 atom stereocenters. The Labute approximate surface area is 126 Å². The zero-order valence-corrected chi connectivity index (χ0v) is 12.6. The van der Waals surface area contributed by atoms with Gasteiger partial charge in [0.15, 0.2) is 0 Å². The van der Waals surface area contributed by atoms with E-state index in [1.807, 2.05) is 24.3 Å². The molecule has 1 aliphatic rings. The number of ether oxygens (including phenoxy) is 1. The highest BCUT2D eigenvalue weighted by Gasteiger charge is 2.27. The number of hydrogen-bond donors (Lipinski definition) is 2. The topological polar surface area (TPSA) is 81.6 Å². The number of amides is 1. The first-order valence-electron chi connectivity index (χ1n) is 7.48. The number of carbonyl (C=O) groups excluding carboxylic acids is 1. The summed E-state index contributed by atoms with van der Waals surface area (Å²) in [6, 6.07) is 8.11. The van der Waals surface area contributed by atoms with Gasteiger partial charge in [-0.1, -0.05) is 12.1 Å². The van der Waals surface area contributed by atoms with Crippen LogP contribution in [0.5, 0.6) is 0 Å². The molecule has 1 fully saturated rings. The van der Waals surface area contributed by atoms with Crippen LogP contribution < -0.4 is 11.5 Å². The summed E-state index contributed by atoms with van der Waals surface area (Å²) in [4.78, 5) is 13.5. The number of rotatable bonds is 6. The van der Waals surface area contributed by atoms with Gasteiger partial charge in [0.2, 0.25) is 5.91 Å². The van der Waals surface area contributed by atoms with Gasteiger partial charge in [-0.2, -0.15) is 0 Å². The first-order valence-corrected chi connectivity index (χ1v) is 7.48. The molecular formula is C16H25N3O2. The molecule has 21 heavy (non-hydrogen) atoms. The molecule has 116 valence electrons. The van der Waals surface area contributed by atoms with Crippen molar-refractivity contribution in [1.29, 1.82) is 0 Å². The van der Waals surface area contributed by atoms with E-state index in [0.717, 1.165) is 36.9 Å². The van der Waals surface area contributed by atoms with E-state index in [-0.39, 0.29) is 18.6 Å². The van der Waals surface area contributed by atoms with E-state index >= 15 is 0 Å². The van der Waals surface area contributed by atoms with Crippen LogP contribution in [-0.4, -0.2) is 36.6 Å². The Hall–Kier alpha value is -1.59. The van der Waals surface area contributed by atoms with Crippen molar-refractivity contribution in [3.8, 4) is 0 Å². The average molecular weight is 291 g/mol. The van der Waals surface area contributed by atoms with Gasteiger partial charge < -0.3 is 16.2 Å². The molecule has 5 heteroatoms. The molecule has 1 aliphatic carbocycles. The molecule has 0 bridgehead atoms. The zero-order valence-electron chi connectivity index (χ0n) is 12.6. The molecule has 0 spiro atoms. The van der Waals surface area contributed by atoms with E-state index in [1.54, 1.807) is 7.11 Å². The van der Waals surface area contributed by atoms with Gasteiger partial charge in [0.25, 0.3) is 0 Å². The van der Waals surface area contributed by atoms with Crippen LogP contribution >= 0.6 is 0 Å². The number of primary amides is 1. The Kier molecular flexibility index (Phi) is 5.59. The van der Waals surface area contributed by atoms with E-state index in [2.05, 4.69) is 4.90 Å². The first-order chi connectivity index (χ1) is 10.1.